The highest BCUT2D eigenvalue weighted by atomic mass is 16.3. The summed E-state index contributed by atoms with van der Waals surface area (Å²) in [6.07, 6.45) is 12.8. The molecule has 0 radical (unpaired) electrons. The van der Waals surface area contributed by atoms with Gasteiger partial charge in [0.05, 0.1) is 12.2 Å². The normalized spacial score (nSPS) is 47.4. The summed E-state index contributed by atoms with van der Waals surface area (Å²) < 4.78 is 0. The van der Waals surface area contributed by atoms with Crippen LogP contribution in [0.25, 0.3) is 0 Å². The Morgan fingerprint density at radius 3 is 2.32 bits per heavy atom. The number of fused-ring (bicyclic) bond motifs is 5. The van der Waals surface area contributed by atoms with Crippen molar-refractivity contribution in [2.24, 2.45) is 51.8 Å². The Kier molecular flexibility index (Phi) is 6.26. The van der Waals surface area contributed by atoms with Crippen LogP contribution in [0.1, 0.15) is 106 Å². The van der Waals surface area contributed by atoms with Crippen LogP contribution in [0, 0.1) is 51.8 Å². The lowest BCUT2D eigenvalue weighted by Gasteiger charge is -2.62. The van der Waals surface area contributed by atoms with Crippen LogP contribution in [0.4, 0.5) is 0 Å². The van der Waals surface area contributed by atoms with Crippen LogP contribution < -0.4 is 0 Å². The molecule has 0 spiro atoms. The van der Waals surface area contributed by atoms with Crippen LogP contribution >= 0.6 is 0 Å². The van der Waals surface area contributed by atoms with Gasteiger partial charge in [-0.25, -0.2) is 0 Å². The average molecular weight is 431 g/mol. The molecule has 2 nitrogen and oxygen atoms in total. The maximum atomic E-state index is 11.7. The monoisotopic (exact) mass is 430 g/mol. The van der Waals surface area contributed by atoms with Crippen molar-refractivity contribution in [3.05, 3.63) is 11.6 Å². The van der Waals surface area contributed by atoms with Crippen molar-refractivity contribution in [1.29, 1.82) is 0 Å². The summed E-state index contributed by atoms with van der Waals surface area (Å²) in [5.74, 6) is 4.12. The van der Waals surface area contributed by atoms with Gasteiger partial charge in [-0.05, 0) is 84.9 Å². The molecule has 0 heterocycles. The Morgan fingerprint density at radius 2 is 1.65 bits per heavy atom. The second-order valence-corrected chi connectivity index (χ2v) is 13.5. The van der Waals surface area contributed by atoms with Crippen LogP contribution in [0.2, 0.25) is 0 Å². The number of aliphatic hydroxyl groups excluding tert-OH is 2. The third kappa shape index (κ3) is 3.58. The first-order valence-corrected chi connectivity index (χ1v) is 13.5. The van der Waals surface area contributed by atoms with Crippen molar-refractivity contribution >= 4 is 0 Å². The quantitative estimate of drug-likeness (QED) is 0.461. The second-order valence-electron chi connectivity index (χ2n) is 13.5. The fraction of sp³-hybridized carbons (Fsp3) is 0.931. The highest BCUT2D eigenvalue weighted by Crippen LogP contribution is 2.68. The lowest BCUT2D eigenvalue weighted by Crippen LogP contribution is -2.58. The molecule has 0 bridgehead atoms. The van der Waals surface area contributed by atoms with Crippen molar-refractivity contribution in [2.45, 2.75) is 118 Å². The second kappa shape index (κ2) is 8.15. The van der Waals surface area contributed by atoms with E-state index in [4.69, 9.17) is 0 Å². The molecule has 4 aliphatic rings. The van der Waals surface area contributed by atoms with E-state index in [0.717, 1.165) is 31.6 Å². The minimum absolute atomic E-state index is 0.0871. The van der Waals surface area contributed by atoms with Gasteiger partial charge < -0.3 is 10.2 Å². The number of allylic oxidation sites excluding steroid dienone is 1. The fourth-order valence-corrected chi connectivity index (χ4v) is 9.37. The molecule has 4 rings (SSSR count). The first-order chi connectivity index (χ1) is 14.4. The van der Waals surface area contributed by atoms with Gasteiger partial charge in [0.2, 0.25) is 0 Å². The minimum atomic E-state index is -0.232. The Hall–Kier alpha value is -0.340. The van der Waals surface area contributed by atoms with E-state index in [-0.39, 0.29) is 28.5 Å². The van der Waals surface area contributed by atoms with Gasteiger partial charge in [-0.3, -0.25) is 0 Å². The van der Waals surface area contributed by atoms with E-state index in [1.807, 2.05) is 0 Å². The number of rotatable bonds is 5. The molecule has 3 fully saturated rings. The molecule has 0 aromatic heterocycles. The van der Waals surface area contributed by atoms with Gasteiger partial charge in [-0.2, -0.15) is 0 Å². The average Bonchev–Trinajstić information content (AvgIpc) is 3.05. The predicted molar refractivity (Wildman–Crippen MR) is 130 cm³/mol. The largest absolute Gasteiger partial charge is 0.393 e. The summed E-state index contributed by atoms with van der Waals surface area (Å²) >= 11 is 0. The summed E-state index contributed by atoms with van der Waals surface area (Å²) in [4.78, 5) is 0. The molecule has 0 aromatic rings. The van der Waals surface area contributed by atoms with E-state index >= 15 is 0 Å². The third-order valence-electron chi connectivity index (χ3n) is 11.2. The number of hydrogen-bond donors (Lipinski definition) is 2. The lowest BCUT2D eigenvalue weighted by molar-refractivity contribution is -0.143. The zero-order chi connectivity index (χ0) is 22.8. The van der Waals surface area contributed by atoms with E-state index in [0.29, 0.717) is 29.6 Å². The van der Waals surface area contributed by atoms with Crippen molar-refractivity contribution in [3.8, 4) is 0 Å². The first-order valence-electron chi connectivity index (χ1n) is 13.5. The maximum absolute atomic E-state index is 11.7. The highest BCUT2D eigenvalue weighted by molar-refractivity contribution is 5.31. The molecular formula is C29H50O2. The van der Waals surface area contributed by atoms with Crippen molar-refractivity contribution in [2.75, 3.05) is 0 Å². The summed E-state index contributed by atoms with van der Waals surface area (Å²) in [7, 11) is 0. The molecule has 4 aliphatic carbocycles. The number of hydrogen-bond acceptors (Lipinski definition) is 2. The maximum Gasteiger partial charge on any atom is 0.0628 e. The van der Waals surface area contributed by atoms with Gasteiger partial charge in [-0.15, -0.1) is 0 Å². The van der Waals surface area contributed by atoms with Gasteiger partial charge in [0.25, 0.3) is 0 Å². The molecule has 2 N–H and O–H groups in total. The number of aliphatic hydroxyl groups is 2. The van der Waals surface area contributed by atoms with Crippen LogP contribution in [0.5, 0.6) is 0 Å². The minimum Gasteiger partial charge on any atom is -0.393 e. The molecule has 0 aromatic carbocycles. The molecule has 0 saturated heterocycles. The Morgan fingerprint density at radius 1 is 0.935 bits per heavy atom. The van der Waals surface area contributed by atoms with Gasteiger partial charge in [0, 0.05) is 5.41 Å². The Labute approximate surface area is 192 Å². The van der Waals surface area contributed by atoms with E-state index in [9.17, 15) is 10.2 Å². The molecular weight excluding hydrogens is 380 g/mol. The van der Waals surface area contributed by atoms with Gasteiger partial charge in [-0.1, -0.05) is 79.4 Å². The summed E-state index contributed by atoms with van der Waals surface area (Å²) in [5, 5.41) is 22.5. The van der Waals surface area contributed by atoms with Crippen LogP contribution in [0.15, 0.2) is 11.6 Å². The van der Waals surface area contributed by atoms with E-state index in [2.05, 4.69) is 54.5 Å². The Bertz CT molecular complexity index is 693. The van der Waals surface area contributed by atoms with Crippen LogP contribution in [-0.4, -0.2) is 22.4 Å². The zero-order valence-corrected chi connectivity index (χ0v) is 21.5. The predicted octanol–water partition coefficient (Wildman–Crippen LogP) is 7.00. The van der Waals surface area contributed by atoms with Gasteiger partial charge in [0.1, 0.15) is 0 Å². The summed E-state index contributed by atoms with van der Waals surface area (Å²) in [5.41, 5.74) is 1.60. The molecule has 178 valence electrons. The van der Waals surface area contributed by atoms with E-state index < -0.39 is 0 Å². The third-order valence-corrected chi connectivity index (χ3v) is 11.2. The smallest absolute Gasteiger partial charge is 0.0628 e. The van der Waals surface area contributed by atoms with Crippen molar-refractivity contribution in [3.63, 3.8) is 0 Å². The lowest BCUT2D eigenvalue weighted by atomic mass is 9.43. The van der Waals surface area contributed by atoms with Crippen molar-refractivity contribution < 1.29 is 10.2 Å². The molecule has 31 heavy (non-hydrogen) atoms. The topological polar surface area (TPSA) is 40.5 Å². The van der Waals surface area contributed by atoms with Crippen molar-refractivity contribution in [1.82, 2.24) is 0 Å². The molecule has 0 aliphatic heterocycles. The standard InChI is InChI=1S/C29H50O2/c1-18(2)9-8-10-19(3)21-12-13-22-20-11-14-24-27(4,5)25(30)15-16-28(24,6)23(20)17-26(31)29(21,22)7/h14,18-23,25-26,30-31H,8-13,15-17H2,1-7H3/t19-,20+,21-,22+,23+,25-,26-,28-,29-/m1/s1. The SMILES string of the molecule is CC(C)CCC[C@@H](C)[C@H]1CC[C@H]2[C@@H]3CC=C4C(C)(C)[C@H](O)CC[C@]4(C)[C@H]3C[C@@H](O)[C@]12C. The van der Waals surface area contributed by atoms with Crippen LogP contribution in [0.3, 0.4) is 0 Å². The van der Waals surface area contributed by atoms with E-state index in [1.165, 1.54) is 37.7 Å². The fourth-order valence-electron chi connectivity index (χ4n) is 9.37. The van der Waals surface area contributed by atoms with Gasteiger partial charge in [0.15, 0.2) is 0 Å². The van der Waals surface area contributed by atoms with Crippen LogP contribution in [-0.2, 0) is 0 Å². The van der Waals surface area contributed by atoms with E-state index in [1.54, 1.807) is 0 Å². The summed E-state index contributed by atoms with van der Waals surface area (Å²) in [6.45, 7) is 16.6. The molecule has 2 heteroatoms. The molecule has 0 unspecified atom stereocenters. The highest BCUT2D eigenvalue weighted by Gasteiger charge is 2.64. The Balaban J connectivity index is 1.59. The molecule has 9 atom stereocenters. The molecule has 0 amide bonds. The molecule has 3 saturated carbocycles. The van der Waals surface area contributed by atoms with Gasteiger partial charge >= 0.3 is 0 Å². The zero-order valence-electron chi connectivity index (χ0n) is 21.5. The first kappa shape index (κ1) is 23.8. The summed E-state index contributed by atoms with van der Waals surface area (Å²) in [6, 6.07) is 0.